The van der Waals surface area contributed by atoms with Crippen LogP contribution in [0.4, 0.5) is 0 Å². The molecule has 3 heteroatoms. The summed E-state index contributed by atoms with van der Waals surface area (Å²) in [6.07, 6.45) is 25.0. The van der Waals surface area contributed by atoms with Gasteiger partial charge in [0.2, 0.25) is 0 Å². The van der Waals surface area contributed by atoms with Gasteiger partial charge in [-0.15, -0.1) is 0 Å². The maximum absolute atomic E-state index is 2.63. The van der Waals surface area contributed by atoms with Gasteiger partial charge in [-0.3, -0.25) is 0 Å². The predicted octanol–water partition coefficient (Wildman–Crippen LogP) is 2.57. The van der Waals surface area contributed by atoms with Crippen LogP contribution in [0.5, 0.6) is 0 Å². The summed E-state index contributed by atoms with van der Waals surface area (Å²) in [5.74, 6) is 1.40. The summed E-state index contributed by atoms with van der Waals surface area (Å²) in [6.45, 7) is 19.6. The summed E-state index contributed by atoms with van der Waals surface area (Å²) in [7, 11) is 0. The van der Waals surface area contributed by atoms with Crippen LogP contribution in [-0.4, -0.2) is 0 Å². The smallest absolute Gasteiger partial charge is 1.00 e. The molecule has 0 bridgehead atoms. The number of allylic oxidation sites excluding steroid dienone is 8. The van der Waals surface area contributed by atoms with Gasteiger partial charge in [-0.1, -0.05) is 0 Å². The Labute approximate surface area is 205 Å². The largest absolute Gasteiger partial charge is 1.00 e. The Bertz CT molecular complexity index is 539. The molecular formula is C26H42Cl2Zr. The summed E-state index contributed by atoms with van der Waals surface area (Å²) in [4.78, 5) is 0. The first kappa shape index (κ1) is 29.4. The molecule has 0 aromatic heterocycles. The van der Waals surface area contributed by atoms with Gasteiger partial charge in [0.25, 0.3) is 0 Å². The van der Waals surface area contributed by atoms with Gasteiger partial charge in [-0.25, -0.2) is 0 Å². The van der Waals surface area contributed by atoms with Crippen molar-refractivity contribution in [1.82, 2.24) is 0 Å². The Morgan fingerprint density at radius 2 is 0.828 bits per heavy atom. The van der Waals surface area contributed by atoms with Crippen molar-refractivity contribution in [2.24, 2.45) is 22.7 Å². The van der Waals surface area contributed by atoms with E-state index in [1.165, 1.54) is 25.7 Å². The van der Waals surface area contributed by atoms with Crippen LogP contribution >= 0.6 is 0 Å². The van der Waals surface area contributed by atoms with Crippen molar-refractivity contribution in [3.63, 3.8) is 0 Å². The molecule has 0 nitrogen and oxygen atoms in total. The van der Waals surface area contributed by atoms with Gasteiger partial charge in [0, 0.05) is 0 Å². The average Bonchev–Trinajstić information content (AvgIpc) is 3.29. The zero-order valence-corrected chi connectivity index (χ0v) is 23.8. The fraction of sp³-hybridized carbons (Fsp3) is 0.692. The predicted molar refractivity (Wildman–Crippen MR) is 118 cm³/mol. The van der Waals surface area contributed by atoms with Crippen LogP contribution < -0.4 is 24.8 Å². The first-order valence-electron chi connectivity index (χ1n) is 11.3. The molecule has 0 fully saturated rings. The summed E-state index contributed by atoms with van der Waals surface area (Å²) in [5.41, 5.74) is 0.758. The molecule has 2 rings (SSSR count). The topological polar surface area (TPSA) is 0 Å². The minimum atomic E-state index is -0.922. The van der Waals surface area contributed by atoms with Gasteiger partial charge in [-0.2, -0.15) is 0 Å². The SMILES string of the molecule is CCC(CC)(C(C)C)[C]1([Zr+2][C]2(C(CC)(CC)C(C)C)C=CC=C2)C=CC=C1.[Cl-].[Cl-]. The minimum absolute atomic E-state index is 0. The van der Waals surface area contributed by atoms with Crippen molar-refractivity contribution in [3.8, 4) is 0 Å². The third-order valence-corrected chi connectivity index (χ3v) is 14.6. The second-order valence-corrected chi connectivity index (χ2v) is 14.0. The van der Waals surface area contributed by atoms with E-state index in [4.69, 9.17) is 0 Å². The molecule has 0 aromatic carbocycles. The first-order chi connectivity index (χ1) is 12.8. The molecule has 0 saturated heterocycles. The maximum Gasteiger partial charge on any atom is -1.00 e. The van der Waals surface area contributed by atoms with Gasteiger partial charge >= 0.3 is 182 Å². The van der Waals surface area contributed by atoms with Gasteiger partial charge in [-0.05, 0) is 0 Å². The molecule has 0 saturated carbocycles. The second kappa shape index (κ2) is 11.3. The normalized spacial score (nSPS) is 18.8. The molecule has 0 aromatic rings. The third kappa shape index (κ3) is 4.50. The second-order valence-electron chi connectivity index (χ2n) is 9.34. The number of hydrogen-bond acceptors (Lipinski definition) is 0. The van der Waals surface area contributed by atoms with Crippen molar-refractivity contribution >= 4 is 0 Å². The quantitative estimate of drug-likeness (QED) is 0.419. The summed E-state index contributed by atoms with van der Waals surface area (Å²) in [5, 5.41) is 0. The Kier molecular flexibility index (Phi) is 11.5. The van der Waals surface area contributed by atoms with E-state index in [0.717, 1.165) is 0 Å². The molecule has 0 N–H and O–H groups in total. The van der Waals surface area contributed by atoms with E-state index >= 15 is 0 Å². The zero-order valence-electron chi connectivity index (χ0n) is 19.9. The van der Waals surface area contributed by atoms with Gasteiger partial charge in [0.1, 0.15) is 0 Å². The van der Waals surface area contributed by atoms with Crippen LogP contribution in [0.1, 0.15) is 81.1 Å². The van der Waals surface area contributed by atoms with Crippen molar-refractivity contribution < 1.29 is 48.0 Å². The minimum Gasteiger partial charge on any atom is -1.00 e. The maximum atomic E-state index is 2.63. The summed E-state index contributed by atoms with van der Waals surface area (Å²) < 4.78 is 0.606. The van der Waals surface area contributed by atoms with E-state index in [1.54, 1.807) is 0 Å². The monoisotopic (exact) mass is 514 g/mol. The fourth-order valence-electron chi connectivity index (χ4n) is 6.62. The molecule has 0 aliphatic heterocycles. The molecular weight excluding hydrogens is 474 g/mol. The van der Waals surface area contributed by atoms with Crippen LogP contribution in [0.3, 0.4) is 0 Å². The zero-order chi connectivity index (χ0) is 20.3. The Morgan fingerprint density at radius 3 is 1.00 bits per heavy atom. The van der Waals surface area contributed by atoms with Crippen LogP contribution in [0.15, 0.2) is 48.6 Å². The number of halogens is 2. The summed E-state index contributed by atoms with van der Waals surface area (Å²) >= 11 is -0.922. The van der Waals surface area contributed by atoms with E-state index < -0.39 is 23.2 Å². The summed E-state index contributed by atoms with van der Waals surface area (Å²) in [6, 6.07) is 0. The standard InChI is InChI=1S/2C13H21.2ClH.Zr/c2*1-5-13(6-2,11(3)4)12-9-7-8-10-12;;;/h2*7-11H,5-6H2,1-4H3;2*1H;/q;;;;+2/p-2. The molecule has 0 spiro atoms. The van der Waals surface area contributed by atoms with E-state index in [2.05, 4.69) is 104 Å². The average molecular weight is 517 g/mol. The molecule has 2 aliphatic carbocycles. The van der Waals surface area contributed by atoms with Gasteiger partial charge < -0.3 is 24.8 Å². The fourth-order valence-corrected chi connectivity index (χ4v) is 14.4. The Balaban J connectivity index is 0.00000392. The van der Waals surface area contributed by atoms with Crippen molar-refractivity contribution in [3.05, 3.63) is 48.6 Å². The Morgan fingerprint density at radius 1 is 0.586 bits per heavy atom. The molecule has 0 unspecified atom stereocenters. The molecule has 29 heavy (non-hydrogen) atoms. The first-order valence-corrected chi connectivity index (χ1v) is 13.7. The molecule has 0 atom stereocenters. The van der Waals surface area contributed by atoms with Gasteiger partial charge in [0.05, 0.1) is 0 Å². The van der Waals surface area contributed by atoms with E-state index in [1.807, 2.05) is 0 Å². The molecule has 0 amide bonds. The van der Waals surface area contributed by atoms with Crippen LogP contribution in [-0.2, 0) is 23.2 Å². The van der Waals surface area contributed by atoms with Crippen molar-refractivity contribution in [1.29, 1.82) is 0 Å². The van der Waals surface area contributed by atoms with Crippen LogP contribution in [0.25, 0.3) is 0 Å². The Hall–Kier alpha value is 0.423. The molecule has 2 aliphatic rings. The van der Waals surface area contributed by atoms with Crippen molar-refractivity contribution in [2.45, 2.75) is 87.3 Å². The van der Waals surface area contributed by atoms with E-state index in [9.17, 15) is 0 Å². The van der Waals surface area contributed by atoms with Crippen molar-refractivity contribution in [2.75, 3.05) is 0 Å². The van der Waals surface area contributed by atoms with E-state index in [0.29, 0.717) is 28.9 Å². The van der Waals surface area contributed by atoms with E-state index in [-0.39, 0.29) is 24.8 Å². The third-order valence-electron chi connectivity index (χ3n) is 8.45. The number of hydrogen-bond donors (Lipinski definition) is 0. The van der Waals surface area contributed by atoms with Gasteiger partial charge in [0.15, 0.2) is 0 Å². The number of rotatable bonds is 10. The van der Waals surface area contributed by atoms with Crippen LogP contribution in [0.2, 0.25) is 6.25 Å². The van der Waals surface area contributed by atoms with Crippen LogP contribution in [0, 0.1) is 22.7 Å². The molecule has 0 heterocycles. The molecule has 164 valence electrons. The molecule has 0 radical (unpaired) electrons.